The highest BCUT2D eigenvalue weighted by molar-refractivity contribution is 5.39. The van der Waals surface area contributed by atoms with E-state index in [1.807, 2.05) is 12.1 Å². The van der Waals surface area contributed by atoms with Crippen molar-refractivity contribution in [1.29, 1.82) is 0 Å². The number of aliphatic hydroxyl groups is 2. The van der Waals surface area contributed by atoms with Gasteiger partial charge in [0.1, 0.15) is 5.82 Å². The maximum absolute atomic E-state index is 9.48. The molecule has 1 aliphatic rings. The molecule has 2 rings (SSSR count). The quantitative estimate of drug-likeness (QED) is 0.836. The summed E-state index contributed by atoms with van der Waals surface area (Å²) in [5, 5.41) is 18.5. The Labute approximate surface area is 114 Å². The van der Waals surface area contributed by atoms with Gasteiger partial charge in [-0.1, -0.05) is 6.07 Å². The number of aliphatic hydroxyl groups excluding tert-OH is 2. The summed E-state index contributed by atoms with van der Waals surface area (Å²) >= 11 is 0. The molecule has 5 nitrogen and oxygen atoms in total. The van der Waals surface area contributed by atoms with E-state index in [1.54, 1.807) is 13.1 Å². The monoisotopic (exact) mass is 265 g/mol. The fraction of sp³-hybridized carbons (Fsp3) is 0.643. The Balaban J connectivity index is 1.97. The van der Waals surface area contributed by atoms with E-state index in [4.69, 9.17) is 5.11 Å². The predicted molar refractivity (Wildman–Crippen MR) is 75.2 cm³/mol. The van der Waals surface area contributed by atoms with E-state index < -0.39 is 6.10 Å². The van der Waals surface area contributed by atoms with Crippen LogP contribution in [-0.4, -0.2) is 59.4 Å². The largest absolute Gasteiger partial charge is 0.395 e. The molecule has 19 heavy (non-hydrogen) atoms. The second-order valence-corrected chi connectivity index (χ2v) is 5.03. The van der Waals surface area contributed by atoms with Crippen LogP contribution in [0.4, 0.5) is 5.82 Å². The number of aromatic nitrogens is 1. The molecule has 0 aliphatic carbocycles. The molecule has 1 fully saturated rings. The molecule has 5 heteroatoms. The zero-order valence-corrected chi connectivity index (χ0v) is 11.5. The van der Waals surface area contributed by atoms with Gasteiger partial charge in [-0.3, -0.25) is 4.90 Å². The van der Waals surface area contributed by atoms with Gasteiger partial charge in [0.2, 0.25) is 0 Å². The van der Waals surface area contributed by atoms with E-state index in [0.29, 0.717) is 0 Å². The number of anilines is 1. The molecule has 0 amide bonds. The molecular weight excluding hydrogens is 242 g/mol. The van der Waals surface area contributed by atoms with Gasteiger partial charge in [0.05, 0.1) is 12.7 Å². The SMILES string of the molecule is CC(O)c1ccc(N2CCCN(CCO)CC2)nc1. The number of hydrogen-bond donors (Lipinski definition) is 2. The fourth-order valence-corrected chi connectivity index (χ4v) is 2.40. The number of hydrogen-bond acceptors (Lipinski definition) is 5. The molecule has 0 radical (unpaired) electrons. The van der Waals surface area contributed by atoms with Crippen LogP contribution in [0.5, 0.6) is 0 Å². The first-order valence-electron chi connectivity index (χ1n) is 6.93. The molecular formula is C14H23N3O2. The van der Waals surface area contributed by atoms with Crippen molar-refractivity contribution in [3.05, 3.63) is 23.9 Å². The minimum absolute atomic E-state index is 0.224. The van der Waals surface area contributed by atoms with Crippen LogP contribution in [0.1, 0.15) is 25.0 Å². The van der Waals surface area contributed by atoms with Crippen LogP contribution in [0.25, 0.3) is 0 Å². The van der Waals surface area contributed by atoms with Gasteiger partial charge in [-0.25, -0.2) is 4.98 Å². The highest BCUT2D eigenvalue weighted by Gasteiger charge is 2.15. The molecule has 1 atom stereocenters. The topological polar surface area (TPSA) is 59.8 Å². The molecule has 2 N–H and O–H groups in total. The van der Waals surface area contributed by atoms with Crippen molar-refractivity contribution in [3.8, 4) is 0 Å². The molecule has 0 saturated carbocycles. The minimum atomic E-state index is -0.467. The van der Waals surface area contributed by atoms with Gasteiger partial charge in [0.15, 0.2) is 0 Å². The fourth-order valence-electron chi connectivity index (χ4n) is 2.40. The molecule has 106 valence electrons. The van der Waals surface area contributed by atoms with Gasteiger partial charge < -0.3 is 15.1 Å². The molecule has 1 aromatic rings. The van der Waals surface area contributed by atoms with E-state index in [9.17, 15) is 5.11 Å². The Bertz CT molecular complexity index is 381. The number of rotatable bonds is 4. The normalized spacial score (nSPS) is 19.2. The van der Waals surface area contributed by atoms with Gasteiger partial charge in [-0.15, -0.1) is 0 Å². The zero-order valence-electron chi connectivity index (χ0n) is 11.5. The smallest absolute Gasteiger partial charge is 0.128 e. The van der Waals surface area contributed by atoms with Crippen molar-refractivity contribution in [3.63, 3.8) is 0 Å². The lowest BCUT2D eigenvalue weighted by molar-refractivity contribution is 0.199. The molecule has 1 unspecified atom stereocenters. The van der Waals surface area contributed by atoms with Crippen molar-refractivity contribution < 1.29 is 10.2 Å². The highest BCUT2D eigenvalue weighted by atomic mass is 16.3. The van der Waals surface area contributed by atoms with E-state index in [1.165, 1.54) is 0 Å². The Morgan fingerprint density at radius 3 is 2.74 bits per heavy atom. The standard InChI is InChI=1S/C14H23N3O2/c1-12(19)13-3-4-14(15-11-13)17-6-2-5-16(7-8-17)9-10-18/h3-4,11-12,18-19H,2,5-10H2,1H3. The van der Waals surface area contributed by atoms with Crippen LogP contribution in [-0.2, 0) is 0 Å². The van der Waals surface area contributed by atoms with Crippen LogP contribution in [0.3, 0.4) is 0 Å². The Kier molecular flexibility index (Phi) is 5.13. The first-order chi connectivity index (χ1) is 9.20. The van der Waals surface area contributed by atoms with Crippen molar-refractivity contribution >= 4 is 5.82 Å². The number of nitrogens with zero attached hydrogens (tertiary/aromatic N) is 3. The van der Waals surface area contributed by atoms with Crippen LogP contribution in [0, 0.1) is 0 Å². The average Bonchev–Trinajstić information content (AvgIpc) is 2.65. The highest BCUT2D eigenvalue weighted by Crippen LogP contribution is 2.17. The maximum atomic E-state index is 9.48. The summed E-state index contributed by atoms with van der Waals surface area (Å²) in [7, 11) is 0. The van der Waals surface area contributed by atoms with E-state index in [2.05, 4.69) is 14.8 Å². The Morgan fingerprint density at radius 1 is 1.26 bits per heavy atom. The summed E-state index contributed by atoms with van der Waals surface area (Å²) in [6, 6.07) is 3.91. The third kappa shape index (κ3) is 3.89. The average molecular weight is 265 g/mol. The maximum Gasteiger partial charge on any atom is 0.128 e. The third-order valence-corrected chi connectivity index (χ3v) is 3.58. The van der Waals surface area contributed by atoms with Crippen LogP contribution < -0.4 is 4.90 Å². The zero-order chi connectivity index (χ0) is 13.7. The summed E-state index contributed by atoms with van der Waals surface area (Å²) in [4.78, 5) is 8.98. The summed E-state index contributed by atoms with van der Waals surface area (Å²) in [5.74, 6) is 0.968. The number of pyridine rings is 1. The van der Waals surface area contributed by atoms with E-state index in [-0.39, 0.29) is 6.61 Å². The third-order valence-electron chi connectivity index (χ3n) is 3.58. The van der Waals surface area contributed by atoms with Crippen molar-refractivity contribution in [2.45, 2.75) is 19.4 Å². The van der Waals surface area contributed by atoms with Crippen molar-refractivity contribution in [2.75, 3.05) is 44.2 Å². The molecule has 1 saturated heterocycles. The van der Waals surface area contributed by atoms with Crippen LogP contribution in [0.15, 0.2) is 18.3 Å². The molecule has 0 spiro atoms. The summed E-state index contributed by atoms with van der Waals surface area (Å²) < 4.78 is 0. The molecule has 1 aromatic heterocycles. The lowest BCUT2D eigenvalue weighted by atomic mass is 10.2. The lowest BCUT2D eigenvalue weighted by Crippen LogP contribution is -2.32. The summed E-state index contributed by atoms with van der Waals surface area (Å²) in [6.07, 6.45) is 2.36. The first kappa shape index (κ1) is 14.2. The Morgan fingerprint density at radius 2 is 2.11 bits per heavy atom. The number of β-amino-alcohol motifs (C(OH)–C–C–N with tert-alkyl or cyclic N) is 1. The van der Waals surface area contributed by atoms with Gasteiger partial charge in [0, 0.05) is 32.4 Å². The second-order valence-electron chi connectivity index (χ2n) is 5.03. The first-order valence-corrected chi connectivity index (χ1v) is 6.93. The van der Waals surface area contributed by atoms with Crippen LogP contribution >= 0.6 is 0 Å². The van der Waals surface area contributed by atoms with E-state index in [0.717, 1.165) is 50.5 Å². The summed E-state index contributed by atoms with van der Waals surface area (Å²) in [5.41, 5.74) is 0.848. The molecule has 1 aliphatic heterocycles. The van der Waals surface area contributed by atoms with Crippen molar-refractivity contribution in [2.24, 2.45) is 0 Å². The lowest BCUT2D eigenvalue weighted by Gasteiger charge is -2.22. The second kappa shape index (κ2) is 6.84. The van der Waals surface area contributed by atoms with Gasteiger partial charge >= 0.3 is 0 Å². The minimum Gasteiger partial charge on any atom is -0.395 e. The van der Waals surface area contributed by atoms with Gasteiger partial charge in [0.25, 0.3) is 0 Å². The van der Waals surface area contributed by atoms with Gasteiger partial charge in [-0.2, -0.15) is 0 Å². The molecule has 2 heterocycles. The van der Waals surface area contributed by atoms with Gasteiger partial charge in [-0.05, 0) is 31.5 Å². The predicted octanol–water partition coefficient (Wildman–Crippen LogP) is 0.639. The van der Waals surface area contributed by atoms with Crippen LogP contribution in [0.2, 0.25) is 0 Å². The van der Waals surface area contributed by atoms with Crippen molar-refractivity contribution in [1.82, 2.24) is 9.88 Å². The molecule has 0 bridgehead atoms. The van der Waals surface area contributed by atoms with E-state index >= 15 is 0 Å². The Hall–Kier alpha value is -1.17. The molecule has 0 aromatic carbocycles. The summed E-state index contributed by atoms with van der Waals surface area (Å²) in [6.45, 7) is 6.63.